The molecule has 2 aromatic carbocycles. The van der Waals surface area contributed by atoms with E-state index in [1.54, 1.807) is 25.2 Å². The lowest BCUT2D eigenvalue weighted by Gasteiger charge is -2.36. The number of rotatable bonds is 5. The highest BCUT2D eigenvalue weighted by Crippen LogP contribution is 2.29. The van der Waals surface area contributed by atoms with Crippen molar-refractivity contribution in [2.75, 3.05) is 33.2 Å². The van der Waals surface area contributed by atoms with Gasteiger partial charge in [0.05, 0.1) is 12.2 Å². The van der Waals surface area contributed by atoms with Gasteiger partial charge in [0.25, 0.3) is 0 Å². The van der Waals surface area contributed by atoms with Gasteiger partial charge in [0.2, 0.25) is 0 Å². The maximum Gasteiger partial charge on any atom is 0.416 e. The maximum atomic E-state index is 13.5. The molecule has 5 nitrogen and oxygen atoms in total. The van der Waals surface area contributed by atoms with E-state index in [0.29, 0.717) is 50.8 Å². The molecule has 0 spiro atoms. The number of nitrogens with zero attached hydrogens (tertiary/aromatic N) is 3. The molecule has 0 aliphatic carbocycles. The van der Waals surface area contributed by atoms with Crippen molar-refractivity contribution < 1.29 is 22.7 Å². The maximum absolute atomic E-state index is 13.5. The number of nitrogens with one attached hydrogen (secondary N) is 1. The number of piperazine rings is 1. The SMILES string of the molecule is CN=C(NCc1ccc(F)c(CO)c1)N1CCN(Cc2cccc(C(F)(F)F)c2)CC1.I. The highest BCUT2D eigenvalue weighted by molar-refractivity contribution is 14.0. The van der Waals surface area contributed by atoms with Crippen LogP contribution in [0.2, 0.25) is 0 Å². The Morgan fingerprint density at radius 3 is 2.41 bits per heavy atom. The first kappa shape index (κ1) is 26.3. The lowest BCUT2D eigenvalue weighted by molar-refractivity contribution is -0.137. The number of guanidine groups is 1. The van der Waals surface area contributed by atoms with Crippen LogP contribution in [0.25, 0.3) is 0 Å². The van der Waals surface area contributed by atoms with Gasteiger partial charge in [-0.1, -0.05) is 24.3 Å². The van der Waals surface area contributed by atoms with Gasteiger partial charge >= 0.3 is 6.18 Å². The predicted octanol–water partition coefficient (Wildman–Crippen LogP) is 3.85. The summed E-state index contributed by atoms with van der Waals surface area (Å²) < 4.78 is 52.3. The Bertz CT molecular complexity index is 915. The summed E-state index contributed by atoms with van der Waals surface area (Å²) in [6, 6.07) is 10.0. The van der Waals surface area contributed by atoms with E-state index in [2.05, 4.69) is 20.1 Å². The minimum absolute atomic E-state index is 0. The zero-order valence-corrected chi connectivity index (χ0v) is 20.0. The van der Waals surface area contributed by atoms with Crippen LogP contribution in [-0.4, -0.2) is 54.1 Å². The summed E-state index contributed by atoms with van der Waals surface area (Å²) in [6.45, 7) is 3.30. The Kier molecular flexibility index (Phi) is 9.71. The van der Waals surface area contributed by atoms with E-state index < -0.39 is 17.6 Å². The number of alkyl halides is 3. The normalized spacial score (nSPS) is 15.4. The molecule has 0 amide bonds. The van der Waals surface area contributed by atoms with Gasteiger partial charge < -0.3 is 15.3 Å². The summed E-state index contributed by atoms with van der Waals surface area (Å²) in [5.74, 6) is 0.265. The number of benzene rings is 2. The fourth-order valence-corrected chi connectivity index (χ4v) is 3.59. The first-order valence-electron chi connectivity index (χ1n) is 10.0. The van der Waals surface area contributed by atoms with Crippen LogP contribution >= 0.6 is 24.0 Å². The second kappa shape index (κ2) is 11.8. The molecule has 2 aromatic rings. The molecular weight excluding hydrogens is 539 g/mol. The molecule has 0 atom stereocenters. The van der Waals surface area contributed by atoms with Gasteiger partial charge in [-0.2, -0.15) is 13.2 Å². The average molecular weight is 566 g/mol. The molecule has 1 fully saturated rings. The largest absolute Gasteiger partial charge is 0.416 e. The minimum atomic E-state index is -4.34. The van der Waals surface area contributed by atoms with Crippen molar-refractivity contribution >= 4 is 29.9 Å². The highest BCUT2D eigenvalue weighted by Gasteiger charge is 2.30. The third kappa shape index (κ3) is 7.04. The van der Waals surface area contributed by atoms with E-state index in [-0.39, 0.29) is 36.1 Å². The van der Waals surface area contributed by atoms with Crippen LogP contribution in [0.4, 0.5) is 17.6 Å². The van der Waals surface area contributed by atoms with Crippen molar-refractivity contribution in [3.8, 4) is 0 Å². The molecule has 0 bridgehead atoms. The Balaban J connectivity index is 0.00000363. The molecule has 176 valence electrons. The summed E-state index contributed by atoms with van der Waals surface area (Å²) in [6.07, 6.45) is -4.34. The summed E-state index contributed by atoms with van der Waals surface area (Å²) >= 11 is 0. The van der Waals surface area contributed by atoms with Crippen molar-refractivity contribution in [2.45, 2.75) is 25.9 Å². The lowest BCUT2D eigenvalue weighted by atomic mass is 10.1. The van der Waals surface area contributed by atoms with Crippen LogP contribution < -0.4 is 5.32 Å². The van der Waals surface area contributed by atoms with Crippen molar-refractivity contribution in [3.63, 3.8) is 0 Å². The molecule has 32 heavy (non-hydrogen) atoms. The Morgan fingerprint density at radius 1 is 1.06 bits per heavy atom. The molecule has 0 radical (unpaired) electrons. The van der Waals surface area contributed by atoms with Crippen molar-refractivity contribution in [2.24, 2.45) is 4.99 Å². The number of aliphatic hydroxyl groups excluding tert-OH is 1. The van der Waals surface area contributed by atoms with E-state index in [1.807, 2.05) is 0 Å². The van der Waals surface area contributed by atoms with Crippen LogP contribution in [-0.2, 0) is 25.9 Å². The van der Waals surface area contributed by atoms with Gasteiger partial charge in [-0.3, -0.25) is 9.89 Å². The topological polar surface area (TPSA) is 51.1 Å². The van der Waals surface area contributed by atoms with Gasteiger partial charge in [-0.15, -0.1) is 24.0 Å². The van der Waals surface area contributed by atoms with E-state index >= 15 is 0 Å². The standard InChI is InChI=1S/C22H26F4N4O.HI/c1-27-21(28-13-16-5-6-20(23)18(11-16)15-31)30-9-7-29(8-10-30)14-17-3-2-4-19(12-17)22(24,25)26;/h2-6,11-12,31H,7-10,13-15H2,1H3,(H,27,28);1H. The van der Waals surface area contributed by atoms with Crippen LogP contribution in [0.5, 0.6) is 0 Å². The fraction of sp³-hybridized carbons (Fsp3) is 0.409. The van der Waals surface area contributed by atoms with Crippen molar-refractivity contribution in [1.82, 2.24) is 15.1 Å². The zero-order valence-electron chi connectivity index (χ0n) is 17.7. The molecule has 1 aliphatic rings. The monoisotopic (exact) mass is 566 g/mol. The van der Waals surface area contributed by atoms with Crippen LogP contribution in [0.1, 0.15) is 22.3 Å². The van der Waals surface area contributed by atoms with E-state index in [9.17, 15) is 22.7 Å². The summed E-state index contributed by atoms with van der Waals surface area (Å²) in [5, 5.41) is 12.4. The molecule has 1 aliphatic heterocycles. The number of halogens is 5. The van der Waals surface area contributed by atoms with Crippen molar-refractivity contribution in [3.05, 3.63) is 70.5 Å². The Labute approximate surface area is 202 Å². The van der Waals surface area contributed by atoms with Crippen LogP contribution in [0, 0.1) is 5.82 Å². The van der Waals surface area contributed by atoms with Gasteiger partial charge in [-0.05, 0) is 29.3 Å². The summed E-state index contributed by atoms with van der Waals surface area (Å²) in [5.41, 5.74) is 1.09. The van der Waals surface area contributed by atoms with Gasteiger partial charge in [0, 0.05) is 51.9 Å². The number of hydrogen-bond acceptors (Lipinski definition) is 3. The molecule has 3 rings (SSSR count). The van der Waals surface area contributed by atoms with E-state index in [4.69, 9.17) is 0 Å². The van der Waals surface area contributed by atoms with Gasteiger partial charge in [0.15, 0.2) is 5.96 Å². The third-order valence-corrected chi connectivity index (χ3v) is 5.28. The van der Waals surface area contributed by atoms with E-state index in [1.165, 1.54) is 18.2 Å². The van der Waals surface area contributed by atoms with Crippen LogP contribution in [0.3, 0.4) is 0 Å². The second-order valence-corrected chi connectivity index (χ2v) is 7.45. The summed E-state index contributed by atoms with van der Waals surface area (Å²) in [4.78, 5) is 8.50. The molecule has 0 aromatic heterocycles. The Hall–Kier alpha value is -1.92. The molecular formula is C22H27F4IN4O. The molecule has 1 saturated heterocycles. The third-order valence-electron chi connectivity index (χ3n) is 5.28. The number of aliphatic hydroxyl groups is 1. The predicted molar refractivity (Wildman–Crippen MR) is 126 cm³/mol. The van der Waals surface area contributed by atoms with Crippen LogP contribution in [0.15, 0.2) is 47.5 Å². The second-order valence-electron chi connectivity index (χ2n) is 7.45. The average Bonchev–Trinajstić information content (AvgIpc) is 2.76. The number of hydrogen-bond donors (Lipinski definition) is 2. The molecule has 1 heterocycles. The Morgan fingerprint density at radius 2 is 1.78 bits per heavy atom. The van der Waals surface area contributed by atoms with Crippen molar-refractivity contribution in [1.29, 1.82) is 0 Å². The smallest absolute Gasteiger partial charge is 0.392 e. The molecule has 0 unspecified atom stereocenters. The first-order valence-corrected chi connectivity index (χ1v) is 10.0. The number of aliphatic imine (C=N–C) groups is 1. The quantitative estimate of drug-likeness (QED) is 0.250. The molecule has 2 N–H and O–H groups in total. The van der Waals surface area contributed by atoms with E-state index in [0.717, 1.165) is 11.6 Å². The highest BCUT2D eigenvalue weighted by atomic mass is 127. The zero-order chi connectivity index (χ0) is 22.4. The molecule has 10 heteroatoms. The summed E-state index contributed by atoms with van der Waals surface area (Å²) in [7, 11) is 1.68. The fourth-order valence-electron chi connectivity index (χ4n) is 3.59. The molecule has 0 saturated carbocycles. The van der Waals surface area contributed by atoms with Gasteiger partial charge in [-0.25, -0.2) is 4.39 Å². The van der Waals surface area contributed by atoms with Gasteiger partial charge in [0.1, 0.15) is 5.82 Å². The lowest BCUT2D eigenvalue weighted by Crippen LogP contribution is -2.52. The first-order chi connectivity index (χ1) is 14.8. The minimum Gasteiger partial charge on any atom is -0.392 e.